The van der Waals surface area contributed by atoms with E-state index < -0.39 is 0 Å². The van der Waals surface area contributed by atoms with Crippen LogP contribution in [0.15, 0.2) is 24.3 Å². The van der Waals surface area contributed by atoms with Crippen LogP contribution in [0.3, 0.4) is 0 Å². The van der Waals surface area contributed by atoms with Crippen molar-refractivity contribution in [2.75, 3.05) is 14.2 Å². The summed E-state index contributed by atoms with van der Waals surface area (Å²) in [6, 6.07) is 7.81. The van der Waals surface area contributed by atoms with Crippen LogP contribution in [-0.2, 0) is 6.54 Å². The fourth-order valence-electron chi connectivity index (χ4n) is 1.17. The van der Waals surface area contributed by atoms with Gasteiger partial charge in [0.25, 0.3) is 0 Å². The fraction of sp³-hybridized carbons (Fsp3) is 0.300. The van der Waals surface area contributed by atoms with E-state index in [9.17, 15) is 0 Å². The van der Waals surface area contributed by atoms with E-state index in [4.69, 9.17) is 22.7 Å². The van der Waals surface area contributed by atoms with Gasteiger partial charge >= 0.3 is 0 Å². The van der Waals surface area contributed by atoms with E-state index in [1.165, 1.54) is 0 Å². The molecule has 14 heavy (non-hydrogen) atoms. The Balaban J connectivity index is 2.80. The lowest BCUT2D eigenvalue weighted by atomic mass is 10.2. The zero-order valence-corrected chi connectivity index (χ0v) is 9.17. The van der Waals surface area contributed by atoms with Crippen LogP contribution in [0.2, 0.25) is 0 Å². The summed E-state index contributed by atoms with van der Waals surface area (Å²) < 4.78 is 5.22. The first-order valence-corrected chi connectivity index (χ1v) is 4.68. The second-order valence-corrected chi connectivity index (χ2v) is 3.42. The SMILES string of the molecule is COc1ccccc1CN(C)C(N)=S. The van der Waals surface area contributed by atoms with Gasteiger partial charge in [-0.2, -0.15) is 0 Å². The summed E-state index contributed by atoms with van der Waals surface area (Å²) in [6.45, 7) is 0.666. The van der Waals surface area contributed by atoms with Crippen LogP contribution < -0.4 is 10.5 Å². The van der Waals surface area contributed by atoms with E-state index in [0.717, 1.165) is 11.3 Å². The number of nitrogens with two attached hydrogens (primary N) is 1. The zero-order chi connectivity index (χ0) is 10.6. The largest absolute Gasteiger partial charge is 0.496 e. The minimum Gasteiger partial charge on any atom is -0.496 e. The number of rotatable bonds is 3. The van der Waals surface area contributed by atoms with Gasteiger partial charge in [-0.25, -0.2) is 0 Å². The van der Waals surface area contributed by atoms with Gasteiger partial charge in [-0.05, 0) is 18.3 Å². The second-order valence-electron chi connectivity index (χ2n) is 3.01. The van der Waals surface area contributed by atoms with Gasteiger partial charge in [0.15, 0.2) is 5.11 Å². The molecule has 0 aliphatic rings. The standard InChI is InChI=1S/C10H14N2OS/c1-12(10(11)14)7-8-5-3-4-6-9(8)13-2/h3-6H,7H2,1-2H3,(H2,11,14). The van der Waals surface area contributed by atoms with Crippen molar-refractivity contribution in [3.8, 4) is 5.75 Å². The molecule has 1 aromatic carbocycles. The number of ether oxygens (including phenoxy) is 1. The fourth-order valence-corrected chi connectivity index (χ4v) is 1.23. The summed E-state index contributed by atoms with van der Waals surface area (Å²) in [5.74, 6) is 0.857. The molecule has 0 radical (unpaired) electrons. The van der Waals surface area contributed by atoms with Crippen molar-refractivity contribution in [1.82, 2.24) is 4.90 Å². The van der Waals surface area contributed by atoms with Gasteiger partial charge in [0, 0.05) is 19.2 Å². The third-order valence-electron chi connectivity index (χ3n) is 1.98. The lowest BCUT2D eigenvalue weighted by Gasteiger charge is -2.18. The lowest BCUT2D eigenvalue weighted by Crippen LogP contribution is -2.31. The molecular formula is C10H14N2OS. The first-order chi connectivity index (χ1) is 6.65. The maximum absolute atomic E-state index is 5.49. The first-order valence-electron chi connectivity index (χ1n) is 4.27. The molecule has 3 nitrogen and oxygen atoms in total. The Morgan fingerprint density at radius 3 is 2.71 bits per heavy atom. The Kier molecular flexibility index (Phi) is 3.71. The molecule has 1 rings (SSSR count). The van der Waals surface area contributed by atoms with Crippen molar-refractivity contribution < 1.29 is 4.74 Å². The molecule has 0 atom stereocenters. The third-order valence-corrected chi connectivity index (χ3v) is 2.29. The van der Waals surface area contributed by atoms with Gasteiger partial charge < -0.3 is 15.4 Å². The van der Waals surface area contributed by atoms with Gasteiger partial charge in [0.05, 0.1) is 7.11 Å². The summed E-state index contributed by atoms with van der Waals surface area (Å²) in [6.07, 6.45) is 0. The van der Waals surface area contributed by atoms with Crippen LogP contribution in [0, 0.1) is 0 Å². The highest BCUT2D eigenvalue weighted by atomic mass is 32.1. The summed E-state index contributed by atoms with van der Waals surface area (Å²) in [5.41, 5.74) is 6.57. The molecule has 0 bridgehead atoms. The quantitative estimate of drug-likeness (QED) is 0.765. The number of hydrogen-bond acceptors (Lipinski definition) is 2. The van der Waals surface area contributed by atoms with E-state index in [1.54, 1.807) is 12.0 Å². The van der Waals surface area contributed by atoms with E-state index in [1.807, 2.05) is 31.3 Å². The molecular weight excluding hydrogens is 196 g/mol. The van der Waals surface area contributed by atoms with Crippen LogP contribution >= 0.6 is 12.2 Å². The predicted octanol–water partition coefficient (Wildman–Crippen LogP) is 1.37. The molecule has 0 saturated carbocycles. The van der Waals surface area contributed by atoms with Crippen molar-refractivity contribution in [3.63, 3.8) is 0 Å². The molecule has 2 N–H and O–H groups in total. The van der Waals surface area contributed by atoms with Crippen LogP contribution in [0.1, 0.15) is 5.56 Å². The van der Waals surface area contributed by atoms with Crippen molar-refractivity contribution in [2.45, 2.75) is 6.54 Å². The van der Waals surface area contributed by atoms with Crippen molar-refractivity contribution in [1.29, 1.82) is 0 Å². The minimum atomic E-state index is 0.385. The number of para-hydroxylation sites is 1. The summed E-state index contributed by atoms with van der Waals surface area (Å²) in [5, 5.41) is 0.385. The zero-order valence-electron chi connectivity index (χ0n) is 8.36. The lowest BCUT2D eigenvalue weighted by molar-refractivity contribution is 0.399. The molecule has 0 unspecified atom stereocenters. The van der Waals surface area contributed by atoms with Crippen LogP contribution in [-0.4, -0.2) is 24.2 Å². The Morgan fingerprint density at radius 2 is 2.14 bits per heavy atom. The molecule has 0 aliphatic carbocycles. The Hall–Kier alpha value is -1.29. The van der Waals surface area contributed by atoms with Gasteiger partial charge in [0.1, 0.15) is 5.75 Å². The van der Waals surface area contributed by atoms with Crippen molar-refractivity contribution in [3.05, 3.63) is 29.8 Å². The molecule has 0 spiro atoms. The van der Waals surface area contributed by atoms with Gasteiger partial charge in [0.2, 0.25) is 0 Å². The highest BCUT2D eigenvalue weighted by Gasteiger charge is 2.05. The van der Waals surface area contributed by atoms with E-state index in [0.29, 0.717) is 11.7 Å². The third kappa shape index (κ3) is 2.60. The maximum atomic E-state index is 5.49. The van der Waals surface area contributed by atoms with Gasteiger partial charge in [-0.1, -0.05) is 18.2 Å². The first kappa shape index (κ1) is 10.8. The number of nitrogens with zero attached hydrogens (tertiary/aromatic N) is 1. The average molecular weight is 210 g/mol. The molecule has 0 aromatic heterocycles. The van der Waals surface area contributed by atoms with Gasteiger partial charge in [-0.15, -0.1) is 0 Å². The molecule has 1 aromatic rings. The van der Waals surface area contributed by atoms with Crippen LogP contribution in [0.5, 0.6) is 5.75 Å². The maximum Gasteiger partial charge on any atom is 0.166 e. The smallest absolute Gasteiger partial charge is 0.166 e. The van der Waals surface area contributed by atoms with Gasteiger partial charge in [-0.3, -0.25) is 0 Å². The molecule has 0 amide bonds. The molecule has 0 fully saturated rings. The molecule has 76 valence electrons. The Morgan fingerprint density at radius 1 is 1.50 bits per heavy atom. The minimum absolute atomic E-state index is 0.385. The number of hydrogen-bond donors (Lipinski definition) is 1. The van der Waals surface area contributed by atoms with Crippen molar-refractivity contribution >= 4 is 17.3 Å². The van der Waals surface area contributed by atoms with Crippen molar-refractivity contribution in [2.24, 2.45) is 5.73 Å². The normalized spacial score (nSPS) is 9.57. The summed E-state index contributed by atoms with van der Waals surface area (Å²) >= 11 is 4.86. The monoisotopic (exact) mass is 210 g/mol. The predicted molar refractivity (Wildman–Crippen MR) is 61.2 cm³/mol. The van der Waals surface area contributed by atoms with Crippen LogP contribution in [0.25, 0.3) is 0 Å². The van der Waals surface area contributed by atoms with E-state index in [2.05, 4.69) is 0 Å². The van der Waals surface area contributed by atoms with Crippen LogP contribution in [0.4, 0.5) is 0 Å². The highest BCUT2D eigenvalue weighted by molar-refractivity contribution is 7.80. The molecule has 4 heteroatoms. The second kappa shape index (κ2) is 4.81. The topological polar surface area (TPSA) is 38.5 Å². The van der Waals surface area contributed by atoms with E-state index >= 15 is 0 Å². The summed E-state index contributed by atoms with van der Waals surface area (Å²) in [4.78, 5) is 1.80. The summed E-state index contributed by atoms with van der Waals surface area (Å²) in [7, 11) is 3.51. The molecule has 0 saturated heterocycles. The Bertz CT molecular complexity index is 328. The van der Waals surface area contributed by atoms with E-state index in [-0.39, 0.29) is 0 Å². The molecule has 0 heterocycles. The number of methoxy groups -OCH3 is 1. The number of benzene rings is 1. The highest BCUT2D eigenvalue weighted by Crippen LogP contribution is 2.18. The number of thiocarbonyl (C=S) groups is 1. The molecule has 0 aliphatic heterocycles. The average Bonchev–Trinajstić information content (AvgIpc) is 2.18. The Labute approximate surface area is 89.5 Å².